The predicted octanol–water partition coefficient (Wildman–Crippen LogP) is 4.04. The van der Waals surface area contributed by atoms with Gasteiger partial charge in [0.15, 0.2) is 0 Å². The number of halogens is 1. The molecule has 32 heavy (non-hydrogen) atoms. The minimum Gasteiger partial charge on any atom is -0.271 e. The Hall–Kier alpha value is -3.52. The van der Waals surface area contributed by atoms with Gasteiger partial charge in [0.2, 0.25) is 0 Å². The highest BCUT2D eigenvalue weighted by molar-refractivity contribution is 7.92. The van der Waals surface area contributed by atoms with Gasteiger partial charge in [0.05, 0.1) is 16.8 Å². The number of sulfonamides is 1. The number of hydrogen-bond donors (Lipinski definition) is 1. The van der Waals surface area contributed by atoms with Crippen molar-refractivity contribution in [1.82, 2.24) is 5.43 Å². The second-order valence-electron chi connectivity index (χ2n) is 7.12. The molecule has 8 heteroatoms. The Balaban J connectivity index is 1.90. The number of benzene rings is 3. The summed E-state index contributed by atoms with van der Waals surface area (Å²) in [5, 5.41) is 3.77. The molecule has 0 spiro atoms. The van der Waals surface area contributed by atoms with Gasteiger partial charge in [0, 0.05) is 5.56 Å². The fourth-order valence-corrected chi connectivity index (χ4v) is 4.57. The number of anilines is 1. The summed E-state index contributed by atoms with van der Waals surface area (Å²) in [6.07, 6.45) is 1.76. The van der Waals surface area contributed by atoms with Crippen LogP contribution >= 0.6 is 0 Å². The average molecular weight is 454 g/mol. The van der Waals surface area contributed by atoms with E-state index in [0.717, 1.165) is 15.4 Å². The molecule has 0 aliphatic carbocycles. The van der Waals surface area contributed by atoms with Gasteiger partial charge in [-0.1, -0.05) is 61.0 Å². The van der Waals surface area contributed by atoms with Gasteiger partial charge in [0.1, 0.15) is 12.4 Å². The van der Waals surface area contributed by atoms with Gasteiger partial charge in [-0.2, -0.15) is 5.10 Å². The maximum Gasteiger partial charge on any atom is 0.264 e. The lowest BCUT2D eigenvalue weighted by Gasteiger charge is -2.25. The molecule has 6 nitrogen and oxygen atoms in total. The minimum atomic E-state index is -4.02. The van der Waals surface area contributed by atoms with Crippen LogP contribution in [0.5, 0.6) is 0 Å². The first-order valence-electron chi connectivity index (χ1n) is 10.1. The molecule has 0 aliphatic rings. The van der Waals surface area contributed by atoms with Crippen molar-refractivity contribution < 1.29 is 17.6 Å². The van der Waals surface area contributed by atoms with Gasteiger partial charge in [-0.05, 0) is 43.2 Å². The normalized spacial score (nSPS) is 11.5. The number of carbonyl (C=O) groups is 1. The summed E-state index contributed by atoms with van der Waals surface area (Å²) in [6, 6.07) is 19.4. The maximum atomic E-state index is 13.7. The SMILES string of the molecule is CCc1ccccc1N(CC(=O)N/N=C\c1ccccc1F)S(=O)(=O)c1ccc(C)cc1. The van der Waals surface area contributed by atoms with Crippen molar-refractivity contribution in [2.75, 3.05) is 10.8 Å². The first-order chi connectivity index (χ1) is 15.3. The van der Waals surface area contributed by atoms with E-state index in [2.05, 4.69) is 10.5 Å². The number of para-hydroxylation sites is 1. The zero-order valence-electron chi connectivity index (χ0n) is 17.8. The van der Waals surface area contributed by atoms with Crippen LogP contribution in [0.1, 0.15) is 23.6 Å². The summed E-state index contributed by atoms with van der Waals surface area (Å²) in [4.78, 5) is 12.7. The monoisotopic (exact) mass is 453 g/mol. The molecule has 3 aromatic rings. The molecule has 1 N–H and O–H groups in total. The van der Waals surface area contributed by atoms with Crippen molar-refractivity contribution >= 4 is 27.8 Å². The summed E-state index contributed by atoms with van der Waals surface area (Å²) in [5.41, 5.74) is 4.61. The predicted molar refractivity (Wildman–Crippen MR) is 124 cm³/mol. The highest BCUT2D eigenvalue weighted by Gasteiger charge is 2.28. The molecule has 0 aliphatic heterocycles. The molecule has 0 atom stereocenters. The molecule has 1 amide bonds. The van der Waals surface area contributed by atoms with Crippen LogP contribution < -0.4 is 9.73 Å². The quantitative estimate of drug-likeness (QED) is 0.413. The van der Waals surface area contributed by atoms with Crippen LogP contribution in [0.25, 0.3) is 0 Å². The lowest BCUT2D eigenvalue weighted by Crippen LogP contribution is -2.40. The first kappa shape index (κ1) is 23.1. The Bertz CT molecular complexity index is 1230. The number of nitrogens with one attached hydrogen (secondary N) is 1. The topological polar surface area (TPSA) is 78.8 Å². The number of aryl methyl sites for hydroxylation is 2. The molecule has 0 saturated carbocycles. The Morgan fingerprint density at radius 2 is 1.69 bits per heavy atom. The van der Waals surface area contributed by atoms with E-state index >= 15 is 0 Å². The first-order valence-corrected chi connectivity index (χ1v) is 11.5. The summed E-state index contributed by atoms with van der Waals surface area (Å²) in [5.74, 6) is -1.13. The van der Waals surface area contributed by atoms with Gasteiger partial charge in [-0.25, -0.2) is 18.2 Å². The molecule has 3 aromatic carbocycles. The van der Waals surface area contributed by atoms with Crippen molar-refractivity contribution in [2.45, 2.75) is 25.2 Å². The van der Waals surface area contributed by atoms with Crippen LogP contribution in [0, 0.1) is 12.7 Å². The molecule has 0 heterocycles. The van der Waals surface area contributed by atoms with Crippen LogP contribution in [0.3, 0.4) is 0 Å². The molecular weight excluding hydrogens is 429 g/mol. The van der Waals surface area contributed by atoms with Gasteiger partial charge in [0.25, 0.3) is 15.9 Å². The van der Waals surface area contributed by atoms with Gasteiger partial charge >= 0.3 is 0 Å². The third-order valence-electron chi connectivity index (χ3n) is 4.84. The third kappa shape index (κ3) is 5.39. The Morgan fingerprint density at radius 1 is 1.03 bits per heavy atom. The highest BCUT2D eigenvalue weighted by Crippen LogP contribution is 2.27. The highest BCUT2D eigenvalue weighted by atomic mass is 32.2. The Kier molecular flexibility index (Phi) is 7.37. The molecule has 3 rings (SSSR count). The van der Waals surface area contributed by atoms with Crippen LogP contribution in [0.2, 0.25) is 0 Å². The van der Waals surface area contributed by atoms with E-state index in [-0.39, 0.29) is 10.5 Å². The summed E-state index contributed by atoms with van der Waals surface area (Å²) in [7, 11) is -4.02. The minimum absolute atomic E-state index is 0.0802. The molecular formula is C24H24FN3O3S. The van der Waals surface area contributed by atoms with Gasteiger partial charge in [-0.3, -0.25) is 9.10 Å². The summed E-state index contributed by atoms with van der Waals surface area (Å²) in [6.45, 7) is 3.29. The molecule has 0 bridgehead atoms. The molecule has 0 saturated heterocycles. The largest absolute Gasteiger partial charge is 0.271 e. The van der Waals surface area contributed by atoms with Crippen LogP contribution in [0.15, 0.2) is 82.8 Å². The third-order valence-corrected chi connectivity index (χ3v) is 6.61. The van der Waals surface area contributed by atoms with E-state index in [1.165, 1.54) is 30.5 Å². The number of hydrogen-bond acceptors (Lipinski definition) is 4. The molecule has 0 fully saturated rings. The molecule has 0 radical (unpaired) electrons. The zero-order chi connectivity index (χ0) is 23.1. The molecule has 0 unspecified atom stereocenters. The van der Waals surface area contributed by atoms with E-state index in [9.17, 15) is 17.6 Å². The van der Waals surface area contributed by atoms with E-state index in [1.807, 2.05) is 26.0 Å². The van der Waals surface area contributed by atoms with E-state index in [1.54, 1.807) is 36.4 Å². The number of carbonyl (C=O) groups excluding carboxylic acids is 1. The lowest BCUT2D eigenvalue weighted by atomic mass is 10.1. The van der Waals surface area contributed by atoms with Crippen molar-refractivity contribution in [3.63, 3.8) is 0 Å². The van der Waals surface area contributed by atoms with Crippen molar-refractivity contribution in [2.24, 2.45) is 5.10 Å². The fraction of sp³-hybridized carbons (Fsp3) is 0.167. The smallest absolute Gasteiger partial charge is 0.264 e. The zero-order valence-corrected chi connectivity index (χ0v) is 18.6. The van der Waals surface area contributed by atoms with Crippen LogP contribution in [-0.2, 0) is 21.2 Å². The van der Waals surface area contributed by atoms with Crippen LogP contribution in [0.4, 0.5) is 10.1 Å². The average Bonchev–Trinajstić information content (AvgIpc) is 2.79. The molecule has 0 aromatic heterocycles. The Morgan fingerprint density at radius 3 is 2.38 bits per heavy atom. The summed E-state index contributed by atoms with van der Waals surface area (Å²) >= 11 is 0. The van der Waals surface area contributed by atoms with Crippen molar-refractivity contribution in [1.29, 1.82) is 0 Å². The second-order valence-corrected chi connectivity index (χ2v) is 8.98. The number of amides is 1. The molecule has 166 valence electrons. The maximum absolute atomic E-state index is 13.7. The van der Waals surface area contributed by atoms with Gasteiger partial charge in [-0.15, -0.1) is 0 Å². The Labute approximate surface area is 187 Å². The van der Waals surface area contributed by atoms with E-state index < -0.39 is 28.3 Å². The number of hydrazone groups is 1. The lowest BCUT2D eigenvalue weighted by molar-refractivity contribution is -0.119. The van der Waals surface area contributed by atoms with Crippen LogP contribution in [-0.4, -0.2) is 27.1 Å². The van der Waals surface area contributed by atoms with Crippen molar-refractivity contribution in [3.05, 3.63) is 95.3 Å². The number of nitrogens with zero attached hydrogens (tertiary/aromatic N) is 2. The second kappa shape index (κ2) is 10.2. The van der Waals surface area contributed by atoms with E-state index in [0.29, 0.717) is 12.1 Å². The fourth-order valence-electron chi connectivity index (χ4n) is 3.11. The van der Waals surface area contributed by atoms with E-state index in [4.69, 9.17) is 0 Å². The summed E-state index contributed by atoms with van der Waals surface area (Å²) < 4.78 is 41.7. The van der Waals surface area contributed by atoms with Crippen molar-refractivity contribution in [3.8, 4) is 0 Å². The standard InChI is InChI=1S/C24H24FN3O3S/c1-3-19-8-5-7-11-23(19)28(32(30,31)21-14-12-18(2)13-15-21)17-24(29)27-26-16-20-9-4-6-10-22(20)25/h4-16H,3,17H2,1-2H3,(H,27,29)/b26-16-. The number of rotatable bonds is 8. The van der Waals surface area contributed by atoms with Gasteiger partial charge < -0.3 is 0 Å².